The van der Waals surface area contributed by atoms with E-state index in [4.69, 9.17) is 21.3 Å². The molecule has 3 rings (SSSR count). The second-order valence-electron chi connectivity index (χ2n) is 7.76. The van der Waals surface area contributed by atoms with E-state index in [-0.39, 0.29) is 5.91 Å². The van der Waals surface area contributed by atoms with Gasteiger partial charge in [0, 0.05) is 24.4 Å². The quantitative estimate of drug-likeness (QED) is 0.207. The SMILES string of the molecule is CCN(CC)CCN(C(=O)CCCSc1ccc(C)cc1)c1nc2c(OC)ccc(Cl)c2s1. The Morgan fingerprint density at radius 2 is 1.85 bits per heavy atom. The normalized spacial score (nSPS) is 11.3. The lowest BCUT2D eigenvalue weighted by Gasteiger charge is -2.24. The van der Waals surface area contributed by atoms with Crippen LogP contribution < -0.4 is 9.64 Å². The first kappa shape index (κ1) is 25.8. The molecule has 0 fully saturated rings. The number of thioether (sulfide) groups is 1. The van der Waals surface area contributed by atoms with Crippen molar-refractivity contribution in [2.45, 2.75) is 38.5 Å². The third-order valence-corrected chi connectivity index (χ3v) is 8.19. The summed E-state index contributed by atoms with van der Waals surface area (Å²) in [6, 6.07) is 12.1. The van der Waals surface area contributed by atoms with Gasteiger partial charge in [0.1, 0.15) is 11.3 Å². The zero-order valence-electron chi connectivity index (χ0n) is 19.8. The van der Waals surface area contributed by atoms with Gasteiger partial charge in [-0.15, -0.1) is 11.8 Å². The lowest BCUT2D eigenvalue weighted by atomic mass is 10.2. The Kier molecular flexibility index (Phi) is 9.86. The second kappa shape index (κ2) is 12.6. The molecule has 1 amide bonds. The smallest absolute Gasteiger partial charge is 0.228 e. The number of rotatable bonds is 12. The van der Waals surface area contributed by atoms with E-state index >= 15 is 0 Å². The third kappa shape index (κ3) is 6.85. The topological polar surface area (TPSA) is 45.7 Å². The van der Waals surface area contributed by atoms with Gasteiger partial charge >= 0.3 is 0 Å². The number of fused-ring (bicyclic) bond motifs is 1. The van der Waals surface area contributed by atoms with Crippen molar-refractivity contribution in [3.05, 3.63) is 47.0 Å². The Morgan fingerprint density at radius 3 is 2.52 bits per heavy atom. The Morgan fingerprint density at radius 1 is 1.12 bits per heavy atom. The number of ether oxygens (including phenoxy) is 1. The van der Waals surface area contributed by atoms with E-state index in [1.165, 1.54) is 21.8 Å². The summed E-state index contributed by atoms with van der Waals surface area (Å²) in [5, 5.41) is 1.31. The highest BCUT2D eigenvalue weighted by atomic mass is 35.5. The van der Waals surface area contributed by atoms with Crippen LogP contribution in [0.4, 0.5) is 5.13 Å². The lowest BCUT2D eigenvalue weighted by Crippen LogP contribution is -2.38. The number of methoxy groups -OCH3 is 1. The average Bonchev–Trinajstić information content (AvgIpc) is 3.27. The highest BCUT2D eigenvalue weighted by Crippen LogP contribution is 2.39. The van der Waals surface area contributed by atoms with E-state index in [0.717, 1.165) is 36.5 Å². The van der Waals surface area contributed by atoms with Gasteiger partial charge in [0.05, 0.1) is 16.8 Å². The molecule has 3 aromatic rings. The average molecular weight is 506 g/mol. The van der Waals surface area contributed by atoms with Gasteiger partial charge in [0.2, 0.25) is 5.91 Å². The predicted molar refractivity (Wildman–Crippen MR) is 142 cm³/mol. The van der Waals surface area contributed by atoms with Crippen molar-refractivity contribution in [1.82, 2.24) is 9.88 Å². The minimum Gasteiger partial charge on any atom is -0.494 e. The molecule has 0 aliphatic heterocycles. The summed E-state index contributed by atoms with van der Waals surface area (Å²) in [6.07, 6.45) is 1.30. The van der Waals surface area contributed by atoms with Gasteiger partial charge in [0.15, 0.2) is 5.13 Å². The van der Waals surface area contributed by atoms with Crippen LogP contribution >= 0.6 is 34.7 Å². The molecule has 0 aliphatic rings. The van der Waals surface area contributed by atoms with Crippen LogP contribution in [0.25, 0.3) is 10.2 Å². The van der Waals surface area contributed by atoms with E-state index in [2.05, 4.69) is 49.9 Å². The van der Waals surface area contributed by atoms with Gasteiger partial charge in [-0.05, 0) is 56.5 Å². The molecule has 1 aromatic heterocycles. The maximum absolute atomic E-state index is 13.3. The minimum atomic E-state index is 0.0980. The summed E-state index contributed by atoms with van der Waals surface area (Å²) >= 11 is 9.67. The van der Waals surface area contributed by atoms with Gasteiger partial charge in [-0.3, -0.25) is 9.69 Å². The van der Waals surface area contributed by atoms with Crippen molar-refractivity contribution < 1.29 is 9.53 Å². The number of carbonyl (C=O) groups excluding carboxylic acids is 1. The number of hydrogen-bond donors (Lipinski definition) is 0. The number of aryl methyl sites for hydroxylation is 1. The molecule has 0 N–H and O–H groups in total. The van der Waals surface area contributed by atoms with Gasteiger partial charge in [-0.25, -0.2) is 4.98 Å². The number of anilines is 1. The molecule has 0 radical (unpaired) electrons. The fourth-order valence-corrected chi connectivity index (χ4v) is 5.66. The van der Waals surface area contributed by atoms with Crippen LogP contribution in [0.15, 0.2) is 41.3 Å². The number of thiazole rings is 1. The predicted octanol–water partition coefficient (Wildman–Crippen LogP) is 6.51. The maximum Gasteiger partial charge on any atom is 0.228 e. The number of hydrogen-bond acceptors (Lipinski definition) is 6. The van der Waals surface area contributed by atoms with Crippen molar-refractivity contribution in [3.8, 4) is 5.75 Å². The second-order valence-corrected chi connectivity index (χ2v) is 10.3. The number of amides is 1. The van der Waals surface area contributed by atoms with Gasteiger partial charge < -0.3 is 9.64 Å². The van der Waals surface area contributed by atoms with Crippen LogP contribution in [0.1, 0.15) is 32.3 Å². The van der Waals surface area contributed by atoms with Gasteiger partial charge in [0.25, 0.3) is 0 Å². The van der Waals surface area contributed by atoms with E-state index in [0.29, 0.717) is 34.4 Å². The summed E-state index contributed by atoms with van der Waals surface area (Å²) in [4.78, 5) is 23.5. The maximum atomic E-state index is 13.3. The van der Waals surface area contributed by atoms with E-state index in [1.54, 1.807) is 18.9 Å². The molecule has 0 spiro atoms. The molecule has 178 valence electrons. The Bertz CT molecular complexity index is 1050. The van der Waals surface area contributed by atoms with Crippen LogP contribution in [0, 0.1) is 6.92 Å². The Labute approximate surface area is 210 Å². The number of nitrogens with zero attached hydrogens (tertiary/aromatic N) is 3. The van der Waals surface area contributed by atoms with Crippen molar-refractivity contribution in [2.75, 3.05) is 43.9 Å². The molecule has 0 unspecified atom stereocenters. The third-order valence-electron chi connectivity index (χ3n) is 5.56. The number of aromatic nitrogens is 1. The fraction of sp³-hybridized carbons (Fsp3) is 0.440. The molecule has 0 saturated carbocycles. The van der Waals surface area contributed by atoms with Crippen LogP contribution in [0.3, 0.4) is 0 Å². The molecule has 0 aliphatic carbocycles. The number of benzene rings is 2. The first-order valence-corrected chi connectivity index (χ1v) is 13.5. The molecule has 5 nitrogen and oxygen atoms in total. The molecule has 0 bridgehead atoms. The standard InChI is InChI=1S/C25H32ClN3O2S2/c1-5-28(6-2)15-16-29(22(30)8-7-17-32-19-11-9-18(3)10-12-19)25-27-23-21(31-4)14-13-20(26)24(23)33-25/h9-14H,5-8,15-17H2,1-4H3. The zero-order valence-corrected chi connectivity index (χ0v) is 22.2. The zero-order chi connectivity index (χ0) is 23.8. The molecular formula is C25H32ClN3O2S2. The molecule has 2 aromatic carbocycles. The minimum absolute atomic E-state index is 0.0980. The monoisotopic (exact) mass is 505 g/mol. The van der Waals surface area contributed by atoms with Crippen LogP contribution in [0.5, 0.6) is 5.75 Å². The molecule has 8 heteroatoms. The van der Waals surface area contributed by atoms with E-state index in [1.807, 2.05) is 17.0 Å². The highest BCUT2D eigenvalue weighted by Gasteiger charge is 2.22. The molecule has 1 heterocycles. The highest BCUT2D eigenvalue weighted by molar-refractivity contribution is 7.99. The van der Waals surface area contributed by atoms with Gasteiger partial charge in [-0.1, -0.05) is 54.5 Å². The van der Waals surface area contributed by atoms with Crippen molar-refractivity contribution in [1.29, 1.82) is 0 Å². The molecular weight excluding hydrogens is 474 g/mol. The van der Waals surface area contributed by atoms with E-state index in [9.17, 15) is 4.79 Å². The Balaban J connectivity index is 1.73. The number of halogens is 1. The summed E-state index contributed by atoms with van der Waals surface area (Å²) in [5.41, 5.74) is 1.96. The van der Waals surface area contributed by atoms with Crippen LogP contribution in [0.2, 0.25) is 5.02 Å². The molecule has 0 atom stereocenters. The number of carbonyl (C=O) groups is 1. The molecule has 0 saturated heterocycles. The number of likely N-dealkylation sites (N-methyl/N-ethyl adjacent to an activating group) is 1. The summed E-state index contributed by atoms with van der Waals surface area (Å²) in [5.74, 6) is 1.67. The first-order chi connectivity index (χ1) is 16.0. The summed E-state index contributed by atoms with van der Waals surface area (Å²) in [6.45, 7) is 9.67. The fourth-order valence-electron chi connectivity index (χ4n) is 3.51. The summed E-state index contributed by atoms with van der Waals surface area (Å²) < 4.78 is 6.32. The van der Waals surface area contributed by atoms with Crippen molar-refractivity contribution in [3.63, 3.8) is 0 Å². The van der Waals surface area contributed by atoms with Crippen molar-refractivity contribution >= 4 is 56.0 Å². The molecule has 33 heavy (non-hydrogen) atoms. The van der Waals surface area contributed by atoms with E-state index < -0.39 is 0 Å². The van der Waals surface area contributed by atoms with Crippen LogP contribution in [-0.4, -0.2) is 54.8 Å². The first-order valence-electron chi connectivity index (χ1n) is 11.3. The van der Waals surface area contributed by atoms with Gasteiger partial charge in [-0.2, -0.15) is 0 Å². The largest absolute Gasteiger partial charge is 0.494 e. The lowest BCUT2D eigenvalue weighted by molar-refractivity contribution is -0.118. The van der Waals surface area contributed by atoms with Crippen LogP contribution in [-0.2, 0) is 4.79 Å². The van der Waals surface area contributed by atoms with Crippen molar-refractivity contribution in [2.24, 2.45) is 0 Å². The summed E-state index contributed by atoms with van der Waals surface area (Å²) in [7, 11) is 1.62. The Hall–Kier alpha value is -1.80.